The Kier molecular flexibility index (Phi) is 5.23. The van der Waals surface area contributed by atoms with Crippen LogP contribution in [0.25, 0.3) is 0 Å². The van der Waals surface area contributed by atoms with Gasteiger partial charge in [0.15, 0.2) is 11.4 Å². The molecule has 10 heteroatoms. The Bertz CT molecular complexity index is 774. The standard InChI is InChI=1S/C7H8N2O4.C6H8N2O2/c1-3-8-4(6(10)11)5(7(12)13)9(3)2;1-4-7-3-5(6(9)10)8(4)2/h1-2H3,(H,10,11)(H,12,13);3H,1-2H3,(H,9,10). The molecule has 10 nitrogen and oxygen atoms in total. The van der Waals surface area contributed by atoms with E-state index in [1.807, 2.05) is 0 Å². The molecule has 2 aromatic heterocycles. The van der Waals surface area contributed by atoms with Crippen LogP contribution in [0.5, 0.6) is 0 Å². The van der Waals surface area contributed by atoms with Gasteiger partial charge in [-0.25, -0.2) is 24.4 Å². The largest absolute Gasteiger partial charge is 0.477 e. The van der Waals surface area contributed by atoms with Gasteiger partial charge in [-0.1, -0.05) is 0 Å². The van der Waals surface area contributed by atoms with Crippen molar-refractivity contribution in [2.45, 2.75) is 13.8 Å². The van der Waals surface area contributed by atoms with Crippen LogP contribution in [0.15, 0.2) is 6.20 Å². The zero-order valence-electron chi connectivity index (χ0n) is 12.9. The average Bonchev–Trinajstić information content (AvgIpc) is 2.92. The van der Waals surface area contributed by atoms with Gasteiger partial charge < -0.3 is 24.5 Å². The molecular formula is C13H16N4O6. The van der Waals surface area contributed by atoms with E-state index in [1.54, 1.807) is 20.9 Å². The summed E-state index contributed by atoms with van der Waals surface area (Å²) < 4.78 is 2.76. The molecule has 0 fully saturated rings. The lowest BCUT2D eigenvalue weighted by atomic mass is 10.3. The van der Waals surface area contributed by atoms with Gasteiger partial charge in [-0.3, -0.25) is 0 Å². The van der Waals surface area contributed by atoms with Gasteiger partial charge in [0.05, 0.1) is 6.20 Å². The van der Waals surface area contributed by atoms with Gasteiger partial charge in [-0.2, -0.15) is 0 Å². The third kappa shape index (κ3) is 3.73. The first-order chi connectivity index (χ1) is 10.6. The quantitative estimate of drug-likeness (QED) is 0.741. The molecule has 2 heterocycles. The fourth-order valence-corrected chi connectivity index (χ4v) is 1.71. The second-order valence-electron chi connectivity index (χ2n) is 4.58. The molecule has 0 radical (unpaired) electrons. The number of carboxylic acid groups (broad SMARTS) is 3. The minimum atomic E-state index is -1.33. The number of aromatic carboxylic acids is 3. The van der Waals surface area contributed by atoms with Crippen LogP contribution >= 0.6 is 0 Å². The van der Waals surface area contributed by atoms with Gasteiger partial charge in [0.1, 0.15) is 17.3 Å². The number of aryl methyl sites for hydroxylation is 2. The number of hydrogen-bond donors (Lipinski definition) is 3. The summed E-state index contributed by atoms with van der Waals surface area (Å²) in [5.74, 6) is -2.50. The van der Waals surface area contributed by atoms with Crippen molar-refractivity contribution >= 4 is 17.9 Å². The lowest BCUT2D eigenvalue weighted by Gasteiger charge is -1.97. The van der Waals surface area contributed by atoms with Crippen molar-refractivity contribution in [3.63, 3.8) is 0 Å². The number of nitrogens with zero attached hydrogens (tertiary/aromatic N) is 4. The third-order valence-electron chi connectivity index (χ3n) is 3.16. The predicted octanol–water partition coefficient (Wildman–Crippen LogP) is 0.552. The second-order valence-corrected chi connectivity index (χ2v) is 4.58. The topological polar surface area (TPSA) is 148 Å². The maximum atomic E-state index is 10.6. The molecule has 124 valence electrons. The molecule has 3 N–H and O–H groups in total. The first-order valence-electron chi connectivity index (χ1n) is 6.29. The molecule has 0 aliphatic heterocycles. The van der Waals surface area contributed by atoms with E-state index in [1.165, 1.54) is 22.4 Å². The number of imidazole rings is 2. The highest BCUT2D eigenvalue weighted by molar-refractivity contribution is 5.99. The van der Waals surface area contributed by atoms with E-state index in [9.17, 15) is 14.4 Å². The molecule has 0 saturated heterocycles. The number of hydrogen-bond acceptors (Lipinski definition) is 5. The normalized spacial score (nSPS) is 9.91. The molecule has 23 heavy (non-hydrogen) atoms. The number of carboxylic acids is 3. The Hall–Kier alpha value is -3.17. The summed E-state index contributed by atoms with van der Waals surface area (Å²) in [5, 5.41) is 25.8. The van der Waals surface area contributed by atoms with Crippen LogP contribution in [0.2, 0.25) is 0 Å². The van der Waals surface area contributed by atoms with Crippen molar-refractivity contribution in [1.82, 2.24) is 19.1 Å². The molecule has 0 atom stereocenters. The van der Waals surface area contributed by atoms with E-state index < -0.39 is 23.6 Å². The average molecular weight is 324 g/mol. The summed E-state index contributed by atoms with van der Waals surface area (Å²) in [7, 11) is 3.13. The monoisotopic (exact) mass is 324 g/mol. The minimum absolute atomic E-state index is 0.220. The molecule has 2 aromatic rings. The highest BCUT2D eigenvalue weighted by Gasteiger charge is 2.23. The van der Waals surface area contributed by atoms with Gasteiger partial charge in [0, 0.05) is 14.1 Å². The van der Waals surface area contributed by atoms with Gasteiger partial charge >= 0.3 is 17.9 Å². The lowest BCUT2D eigenvalue weighted by molar-refractivity contribution is 0.0641. The zero-order chi connectivity index (χ0) is 17.9. The van der Waals surface area contributed by atoms with Crippen molar-refractivity contribution in [2.24, 2.45) is 14.1 Å². The number of rotatable bonds is 3. The highest BCUT2D eigenvalue weighted by Crippen LogP contribution is 2.09. The summed E-state index contributed by atoms with van der Waals surface area (Å²) in [5.41, 5.74) is -0.505. The van der Waals surface area contributed by atoms with E-state index in [0.29, 0.717) is 11.6 Å². The Labute approximate surface area is 130 Å². The third-order valence-corrected chi connectivity index (χ3v) is 3.16. The Morgan fingerprint density at radius 2 is 1.48 bits per heavy atom. The molecule has 0 saturated carbocycles. The SMILES string of the molecule is Cc1nc(C(=O)O)c(C(=O)O)n1C.Cc1ncc(C(=O)O)n1C. The summed E-state index contributed by atoms with van der Waals surface area (Å²) in [6, 6.07) is 0. The van der Waals surface area contributed by atoms with Gasteiger partial charge in [-0.05, 0) is 13.8 Å². The molecule has 0 spiro atoms. The Morgan fingerprint density at radius 3 is 1.74 bits per heavy atom. The fraction of sp³-hybridized carbons (Fsp3) is 0.308. The van der Waals surface area contributed by atoms with Crippen LogP contribution in [0, 0.1) is 13.8 Å². The minimum Gasteiger partial charge on any atom is -0.477 e. The molecule has 0 amide bonds. The van der Waals surface area contributed by atoms with Crippen molar-refractivity contribution in [3.05, 3.63) is 34.9 Å². The van der Waals surface area contributed by atoms with Crippen LogP contribution in [-0.4, -0.2) is 52.3 Å². The van der Waals surface area contributed by atoms with Crippen LogP contribution in [-0.2, 0) is 14.1 Å². The number of aromatic nitrogens is 4. The molecule has 2 rings (SSSR count). The lowest BCUT2D eigenvalue weighted by Crippen LogP contribution is -2.11. The second kappa shape index (κ2) is 6.73. The molecule has 0 aliphatic rings. The summed E-state index contributed by atoms with van der Waals surface area (Å²) >= 11 is 0. The Balaban J connectivity index is 0.000000238. The van der Waals surface area contributed by atoms with Gasteiger partial charge in [0.2, 0.25) is 0 Å². The number of carbonyl (C=O) groups is 3. The van der Waals surface area contributed by atoms with Crippen molar-refractivity contribution in [2.75, 3.05) is 0 Å². The van der Waals surface area contributed by atoms with Crippen LogP contribution in [0.4, 0.5) is 0 Å². The first kappa shape index (κ1) is 17.9. The predicted molar refractivity (Wildman–Crippen MR) is 76.8 cm³/mol. The molecule has 0 aliphatic carbocycles. The van der Waals surface area contributed by atoms with Crippen molar-refractivity contribution in [1.29, 1.82) is 0 Å². The van der Waals surface area contributed by atoms with Crippen LogP contribution in [0.1, 0.15) is 43.1 Å². The van der Waals surface area contributed by atoms with Gasteiger partial charge in [-0.15, -0.1) is 0 Å². The molecular weight excluding hydrogens is 308 g/mol. The fourth-order valence-electron chi connectivity index (χ4n) is 1.71. The van der Waals surface area contributed by atoms with Crippen LogP contribution in [0.3, 0.4) is 0 Å². The van der Waals surface area contributed by atoms with E-state index in [-0.39, 0.29) is 11.4 Å². The van der Waals surface area contributed by atoms with Crippen LogP contribution < -0.4 is 0 Å². The first-order valence-corrected chi connectivity index (χ1v) is 6.29. The highest BCUT2D eigenvalue weighted by atomic mass is 16.4. The Morgan fingerprint density at radius 1 is 0.913 bits per heavy atom. The summed E-state index contributed by atoms with van der Waals surface area (Å²) in [6.45, 7) is 3.30. The molecule has 0 unspecified atom stereocenters. The smallest absolute Gasteiger partial charge is 0.357 e. The van der Waals surface area contributed by atoms with Crippen molar-refractivity contribution < 1.29 is 29.7 Å². The van der Waals surface area contributed by atoms with E-state index in [0.717, 1.165) is 0 Å². The van der Waals surface area contributed by atoms with E-state index >= 15 is 0 Å². The summed E-state index contributed by atoms with van der Waals surface area (Å²) in [6.07, 6.45) is 1.34. The molecule has 0 aromatic carbocycles. The maximum absolute atomic E-state index is 10.6. The van der Waals surface area contributed by atoms with E-state index in [2.05, 4.69) is 9.97 Å². The zero-order valence-corrected chi connectivity index (χ0v) is 12.9. The maximum Gasteiger partial charge on any atom is 0.357 e. The van der Waals surface area contributed by atoms with E-state index in [4.69, 9.17) is 15.3 Å². The summed E-state index contributed by atoms with van der Waals surface area (Å²) in [4.78, 5) is 39.0. The van der Waals surface area contributed by atoms with Gasteiger partial charge in [0.25, 0.3) is 0 Å². The van der Waals surface area contributed by atoms with Crippen molar-refractivity contribution in [3.8, 4) is 0 Å². The molecule has 0 bridgehead atoms.